The van der Waals surface area contributed by atoms with Crippen molar-refractivity contribution in [2.75, 3.05) is 6.16 Å². The number of benzene rings is 5. The van der Waals surface area contributed by atoms with Crippen LogP contribution in [0.1, 0.15) is 18.1 Å². The third-order valence-corrected chi connectivity index (χ3v) is 11.3. The molecule has 0 amide bonds. The zero-order valence-corrected chi connectivity index (χ0v) is 22.9. The Labute approximate surface area is 230 Å². The van der Waals surface area contributed by atoms with Crippen LogP contribution in [-0.4, -0.2) is 17.6 Å². The number of halogens is 1. The smallest absolute Gasteiger partial charge is 0.117 e. The lowest BCUT2D eigenvalue weighted by Crippen LogP contribution is -2.35. The van der Waals surface area contributed by atoms with Gasteiger partial charge >= 0.3 is 0 Å². The van der Waals surface area contributed by atoms with Crippen LogP contribution in [0.3, 0.4) is 0 Å². The summed E-state index contributed by atoms with van der Waals surface area (Å²) in [5, 5.41) is 14.4. The molecule has 0 radical (unpaired) electrons. The summed E-state index contributed by atoms with van der Waals surface area (Å²) in [5.74, 6) is 0. The fourth-order valence-electron chi connectivity index (χ4n) is 4.76. The average molecular weight is 532 g/mol. The van der Waals surface area contributed by atoms with Gasteiger partial charge in [-0.3, -0.25) is 0 Å². The zero-order chi connectivity index (χ0) is 26.2. The van der Waals surface area contributed by atoms with Crippen LogP contribution in [0, 0.1) is 0 Å². The van der Waals surface area contributed by atoms with Crippen LogP contribution in [0.5, 0.6) is 0 Å². The number of hydrogen-bond acceptors (Lipinski definition) is 2. The molecular formula is C34H29ClN2P+. The van der Waals surface area contributed by atoms with Gasteiger partial charge in [0.2, 0.25) is 0 Å². The van der Waals surface area contributed by atoms with Gasteiger partial charge < -0.3 is 0 Å². The Balaban J connectivity index is 1.64. The minimum atomic E-state index is -2.04. The summed E-state index contributed by atoms with van der Waals surface area (Å²) in [6.45, 7) is 2.09. The third kappa shape index (κ3) is 5.68. The quantitative estimate of drug-likeness (QED) is 0.112. The van der Waals surface area contributed by atoms with Crippen LogP contribution in [0.2, 0.25) is 5.02 Å². The molecule has 0 fully saturated rings. The van der Waals surface area contributed by atoms with Gasteiger partial charge in [-0.25, -0.2) is 0 Å². The first kappa shape index (κ1) is 25.8. The largest absolute Gasteiger partial charge is 0.156 e. The van der Waals surface area contributed by atoms with E-state index >= 15 is 0 Å². The minimum absolute atomic E-state index is 0.698. The topological polar surface area (TPSA) is 24.7 Å². The van der Waals surface area contributed by atoms with E-state index in [0.29, 0.717) is 5.02 Å². The lowest BCUT2D eigenvalue weighted by molar-refractivity contribution is 1.22. The summed E-state index contributed by atoms with van der Waals surface area (Å²) >= 11 is 6.17. The summed E-state index contributed by atoms with van der Waals surface area (Å²) in [6.07, 6.45) is 0.789. The predicted molar refractivity (Wildman–Crippen MR) is 167 cm³/mol. The number of nitrogens with zero attached hydrogens (tertiary/aromatic N) is 2. The van der Waals surface area contributed by atoms with E-state index in [9.17, 15) is 0 Å². The highest BCUT2D eigenvalue weighted by Crippen LogP contribution is 2.55. The van der Waals surface area contributed by atoms with Gasteiger partial charge in [-0.1, -0.05) is 109 Å². The second kappa shape index (κ2) is 12.1. The molecule has 0 heterocycles. The second-order valence-corrected chi connectivity index (χ2v) is 13.1. The fourth-order valence-corrected chi connectivity index (χ4v) is 9.13. The van der Waals surface area contributed by atoms with Gasteiger partial charge in [0.25, 0.3) is 0 Å². The van der Waals surface area contributed by atoms with Crippen LogP contribution in [0.15, 0.2) is 156 Å². The molecule has 0 spiro atoms. The Kier molecular flexibility index (Phi) is 8.24. The molecule has 5 aromatic rings. The molecule has 5 aromatic carbocycles. The van der Waals surface area contributed by atoms with Gasteiger partial charge in [-0.05, 0) is 55.5 Å². The highest BCUT2D eigenvalue weighted by atomic mass is 35.5. The van der Waals surface area contributed by atoms with Gasteiger partial charge in [0.15, 0.2) is 0 Å². The predicted octanol–water partition coefficient (Wildman–Crippen LogP) is 7.55. The van der Waals surface area contributed by atoms with Crippen molar-refractivity contribution in [2.24, 2.45) is 10.2 Å². The maximum atomic E-state index is 6.17. The van der Waals surface area contributed by atoms with Crippen molar-refractivity contribution in [3.8, 4) is 0 Å². The molecule has 0 unspecified atom stereocenters. The van der Waals surface area contributed by atoms with E-state index in [0.717, 1.165) is 28.7 Å². The molecular weight excluding hydrogens is 503 g/mol. The van der Waals surface area contributed by atoms with Crippen molar-refractivity contribution in [3.63, 3.8) is 0 Å². The highest BCUT2D eigenvalue weighted by Gasteiger charge is 2.45. The normalized spacial score (nSPS) is 12.4. The van der Waals surface area contributed by atoms with E-state index in [-0.39, 0.29) is 0 Å². The molecule has 0 aromatic heterocycles. The maximum Gasteiger partial charge on any atom is 0.117 e. The zero-order valence-electron chi connectivity index (χ0n) is 21.3. The van der Waals surface area contributed by atoms with E-state index in [1.807, 2.05) is 42.5 Å². The minimum Gasteiger partial charge on any atom is -0.156 e. The molecule has 186 valence electrons. The van der Waals surface area contributed by atoms with E-state index in [1.54, 1.807) is 0 Å². The van der Waals surface area contributed by atoms with Crippen LogP contribution >= 0.6 is 18.9 Å². The molecule has 0 atom stereocenters. The van der Waals surface area contributed by atoms with Crippen LogP contribution < -0.4 is 15.9 Å². The van der Waals surface area contributed by atoms with Crippen LogP contribution in [0.25, 0.3) is 0 Å². The first-order valence-corrected chi connectivity index (χ1v) is 15.0. The van der Waals surface area contributed by atoms with E-state index in [1.165, 1.54) is 15.9 Å². The Morgan fingerprint density at radius 2 is 0.921 bits per heavy atom. The second-order valence-electron chi connectivity index (χ2n) is 9.13. The molecule has 0 aliphatic carbocycles. The van der Waals surface area contributed by atoms with Crippen molar-refractivity contribution < 1.29 is 0 Å². The first-order chi connectivity index (χ1) is 18.7. The van der Waals surface area contributed by atoms with Crippen molar-refractivity contribution in [1.82, 2.24) is 0 Å². The molecule has 0 aliphatic rings. The standard InChI is InChI=1S/C34H29ClN2P/c1-27(36-37-34(28-14-6-2-7-15-28)29-22-24-30(35)25-23-29)26-38(31-16-8-3-9-17-31,32-18-10-4-11-19-32)33-20-12-5-13-21-33/h2-25H,26H2,1H3/q+1/b36-27+,37-34?. The number of rotatable bonds is 8. The van der Waals surface area contributed by atoms with Gasteiger partial charge in [-0.15, -0.1) is 5.10 Å². The summed E-state index contributed by atoms with van der Waals surface area (Å²) in [5.41, 5.74) is 3.80. The first-order valence-electron chi connectivity index (χ1n) is 12.6. The van der Waals surface area contributed by atoms with Crippen molar-refractivity contribution >= 4 is 46.2 Å². The van der Waals surface area contributed by atoms with E-state index < -0.39 is 7.26 Å². The number of hydrogen-bond donors (Lipinski definition) is 0. The highest BCUT2D eigenvalue weighted by molar-refractivity contribution is 7.96. The fraction of sp³-hybridized carbons (Fsp3) is 0.0588. The van der Waals surface area contributed by atoms with E-state index in [2.05, 4.69) is 110 Å². The summed E-state index contributed by atoms with van der Waals surface area (Å²) in [6, 6.07) is 50.5. The van der Waals surface area contributed by atoms with Gasteiger partial charge in [0.05, 0.1) is 5.71 Å². The Morgan fingerprint density at radius 3 is 1.37 bits per heavy atom. The van der Waals surface area contributed by atoms with Gasteiger partial charge in [0.1, 0.15) is 35.0 Å². The van der Waals surface area contributed by atoms with Crippen molar-refractivity contribution in [3.05, 3.63) is 162 Å². The third-order valence-electron chi connectivity index (χ3n) is 6.54. The lowest BCUT2D eigenvalue weighted by atomic mass is 10.0. The van der Waals surface area contributed by atoms with Crippen LogP contribution in [0.4, 0.5) is 0 Å². The molecule has 0 bridgehead atoms. The molecule has 38 heavy (non-hydrogen) atoms. The lowest BCUT2D eigenvalue weighted by Gasteiger charge is -2.27. The van der Waals surface area contributed by atoms with E-state index in [4.69, 9.17) is 21.8 Å². The molecule has 0 saturated carbocycles. The summed E-state index contributed by atoms with van der Waals surface area (Å²) in [7, 11) is -2.04. The molecule has 0 aliphatic heterocycles. The average Bonchev–Trinajstić information content (AvgIpc) is 2.99. The molecule has 4 heteroatoms. The molecule has 2 nitrogen and oxygen atoms in total. The molecule has 5 rings (SSSR count). The van der Waals surface area contributed by atoms with Gasteiger partial charge in [-0.2, -0.15) is 5.10 Å². The van der Waals surface area contributed by atoms with Crippen LogP contribution in [-0.2, 0) is 0 Å². The monoisotopic (exact) mass is 531 g/mol. The summed E-state index contributed by atoms with van der Waals surface area (Å²) in [4.78, 5) is 0. The Morgan fingerprint density at radius 1 is 0.526 bits per heavy atom. The summed E-state index contributed by atoms with van der Waals surface area (Å²) < 4.78 is 0. The van der Waals surface area contributed by atoms with Gasteiger partial charge in [0, 0.05) is 16.1 Å². The van der Waals surface area contributed by atoms with Crippen molar-refractivity contribution in [2.45, 2.75) is 6.92 Å². The molecule has 0 saturated heterocycles. The Hall–Kier alpha value is -3.84. The van der Waals surface area contributed by atoms with Crippen molar-refractivity contribution in [1.29, 1.82) is 0 Å². The maximum absolute atomic E-state index is 6.17. The Bertz CT molecular complexity index is 1420. The molecule has 0 N–H and O–H groups in total. The SMILES string of the molecule is C/C(C[P+](c1ccccc1)(c1ccccc1)c1ccccc1)=N\N=C(c1ccccc1)c1ccc(Cl)cc1.